The lowest BCUT2D eigenvalue weighted by atomic mass is 10.1. The third-order valence-corrected chi connectivity index (χ3v) is 4.69. The van der Waals surface area contributed by atoms with Crippen LogP contribution >= 0.6 is 0 Å². The van der Waals surface area contributed by atoms with Gasteiger partial charge in [-0.3, -0.25) is 4.79 Å². The largest absolute Gasteiger partial charge is 0.494 e. The van der Waals surface area contributed by atoms with Crippen LogP contribution in [0.2, 0.25) is 0 Å². The highest BCUT2D eigenvalue weighted by Gasteiger charge is 2.34. The standard InChI is InChI=1S/C21H21N3O3/c1-3-26-18-10-6-15(7-11-18)21-22-20(23-27-21)16-12-19(25)24(13-16)17-8-4-14(2)5-9-17/h4-11,16H,3,12-13H2,1-2H3/t16-/m1/s1. The van der Waals surface area contributed by atoms with Gasteiger partial charge in [0.1, 0.15) is 5.75 Å². The number of carbonyl (C=O) groups is 1. The smallest absolute Gasteiger partial charge is 0.257 e. The van der Waals surface area contributed by atoms with Crippen molar-refractivity contribution < 1.29 is 14.1 Å². The van der Waals surface area contributed by atoms with Crippen LogP contribution in [-0.2, 0) is 4.79 Å². The van der Waals surface area contributed by atoms with E-state index in [4.69, 9.17) is 9.26 Å². The molecular weight excluding hydrogens is 342 g/mol. The van der Waals surface area contributed by atoms with E-state index in [0.717, 1.165) is 17.0 Å². The minimum Gasteiger partial charge on any atom is -0.494 e. The maximum Gasteiger partial charge on any atom is 0.257 e. The Labute approximate surface area is 157 Å². The third-order valence-electron chi connectivity index (χ3n) is 4.69. The summed E-state index contributed by atoms with van der Waals surface area (Å²) < 4.78 is 10.9. The highest BCUT2D eigenvalue weighted by Crippen LogP contribution is 2.31. The summed E-state index contributed by atoms with van der Waals surface area (Å²) in [4.78, 5) is 18.8. The van der Waals surface area contributed by atoms with Gasteiger partial charge in [0.2, 0.25) is 5.91 Å². The molecule has 0 spiro atoms. The molecule has 0 unspecified atom stereocenters. The van der Waals surface area contributed by atoms with Gasteiger partial charge < -0.3 is 14.2 Å². The first-order chi connectivity index (χ1) is 13.1. The highest BCUT2D eigenvalue weighted by atomic mass is 16.5. The quantitative estimate of drug-likeness (QED) is 0.686. The van der Waals surface area contributed by atoms with Crippen LogP contribution in [0, 0.1) is 6.92 Å². The molecule has 27 heavy (non-hydrogen) atoms. The number of benzene rings is 2. The number of anilines is 1. The van der Waals surface area contributed by atoms with E-state index in [0.29, 0.717) is 31.3 Å². The number of aryl methyl sites for hydroxylation is 1. The molecule has 3 aromatic rings. The van der Waals surface area contributed by atoms with Gasteiger partial charge in [-0.05, 0) is 50.2 Å². The van der Waals surface area contributed by atoms with Crippen molar-refractivity contribution >= 4 is 11.6 Å². The van der Waals surface area contributed by atoms with Crippen LogP contribution < -0.4 is 9.64 Å². The first kappa shape index (κ1) is 17.3. The summed E-state index contributed by atoms with van der Waals surface area (Å²) in [5.74, 6) is 1.84. The van der Waals surface area contributed by atoms with Crippen molar-refractivity contribution in [2.45, 2.75) is 26.2 Å². The first-order valence-corrected chi connectivity index (χ1v) is 9.08. The monoisotopic (exact) mass is 363 g/mol. The molecule has 1 amide bonds. The summed E-state index contributed by atoms with van der Waals surface area (Å²) in [7, 11) is 0. The average Bonchev–Trinajstić information content (AvgIpc) is 3.30. The van der Waals surface area contributed by atoms with Gasteiger partial charge in [-0.2, -0.15) is 4.98 Å². The van der Waals surface area contributed by atoms with Crippen molar-refractivity contribution in [2.24, 2.45) is 0 Å². The Morgan fingerprint density at radius 3 is 2.59 bits per heavy atom. The number of ether oxygens (including phenoxy) is 1. The zero-order chi connectivity index (χ0) is 18.8. The van der Waals surface area contributed by atoms with Gasteiger partial charge in [0.15, 0.2) is 5.82 Å². The number of aromatic nitrogens is 2. The molecular formula is C21H21N3O3. The lowest BCUT2D eigenvalue weighted by molar-refractivity contribution is -0.117. The molecule has 1 aromatic heterocycles. The van der Waals surface area contributed by atoms with Gasteiger partial charge in [-0.25, -0.2) is 0 Å². The Bertz CT molecular complexity index is 932. The van der Waals surface area contributed by atoms with Crippen molar-refractivity contribution in [2.75, 3.05) is 18.1 Å². The predicted octanol–water partition coefficient (Wildman–Crippen LogP) is 3.96. The molecule has 1 atom stereocenters. The maximum absolute atomic E-state index is 12.4. The van der Waals surface area contributed by atoms with Crippen LogP contribution in [0.25, 0.3) is 11.5 Å². The molecule has 6 nitrogen and oxygen atoms in total. The molecule has 0 saturated carbocycles. The van der Waals surface area contributed by atoms with Crippen molar-refractivity contribution in [3.63, 3.8) is 0 Å². The summed E-state index contributed by atoms with van der Waals surface area (Å²) >= 11 is 0. The molecule has 2 heterocycles. The Morgan fingerprint density at radius 1 is 1.15 bits per heavy atom. The molecule has 1 saturated heterocycles. The fourth-order valence-electron chi connectivity index (χ4n) is 3.23. The number of carbonyl (C=O) groups excluding carboxylic acids is 1. The number of rotatable bonds is 5. The average molecular weight is 363 g/mol. The number of amides is 1. The molecule has 0 N–H and O–H groups in total. The molecule has 2 aromatic carbocycles. The van der Waals surface area contributed by atoms with Gasteiger partial charge in [0, 0.05) is 30.1 Å². The Morgan fingerprint density at radius 2 is 1.89 bits per heavy atom. The molecule has 138 valence electrons. The van der Waals surface area contributed by atoms with Gasteiger partial charge >= 0.3 is 0 Å². The molecule has 0 bridgehead atoms. The van der Waals surface area contributed by atoms with E-state index in [1.165, 1.54) is 5.56 Å². The van der Waals surface area contributed by atoms with Crippen molar-refractivity contribution in [1.29, 1.82) is 0 Å². The molecule has 1 fully saturated rings. The van der Waals surface area contributed by atoms with E-state index in [1.54, 1.807) is 4.90 Å². The summed E-state index contributed by atoms with van der Waals surface area (Å²) in [5.41, 5.74) is 2.90. The molecule has 0 radical (unpaired) electrons. The molecule has 1 aliphatic rings. The summed E-state index contributed by atoms with van der Waals surface area (Å²) in [6.45, 7) is 5.16. The van der Waals surface area contributed by atoms with Crippen molar-refractivity contribution in [3.8, 4) is 17.2 Å². The van der Waals surface area contributed by atoms with E-state index < -0.39 is 0 Å². The minimum absolute atomic E-state index is 0.0704. The third kappa shape index (κ3) is 3.56. The van der Waals surface area contributed by atoms with Crippen LogP contribution in [-0.4, -0.2) is 29.2 Å². The summed E-state index contributed by atoms with van der Waals surface area (Å²) in [6.07, 6.45) is 0.385. The van der Waals surface area contributed by atoms with Gasteiger partial charge in [-0.1, -0.05) is 22.9 Å². The van der Waals surface area contributed by atoms with E-state index in [1.807, 2.05) is 62.4 Å². The zero-order valence-electron chi connectivity index (χ0n) is 15.4. The second-order valence-electron chi connectivity index (χ2n) is 6.66. The summed E-state index contributed by atoms with van der Waals surface area (Å²) in [5, 5.41) is 4.11. The van der Waals surface area contributed by atoms with Crippen molar-refractivity contribution in [1.82, 2.24) is 10.1 Å². The van der Waals surface area contributed by atoms with Gasteiger partial charge in [0.05, 0.1) is 6.61 Å². The fourth-order valence-corrected chi connectivity index (χ4v) is 3.23. The van der Waals surface area contributed by atoms with Crippen LogP contribution in [0.15, 0.2) is 53.1 Å². The van der Waals surface area contributed by atoms with Crippen molar-refractivity contribution in [3.05, 3.63) is 59.9 Å². The maximum atomic E-state index is 12.4. The number of nitrogens with zero attached hydrogens (tertiary/aromatic N) is 3. The van der Waals surface area contributed by atoms with Gasteiger partial charge in [0.25, 0.3) is 5.89 Å². The fraction of sp³-hybridized carbons (Fsp3) is 0.286. The first-order valence-electron chi connectivity index (χ1n) is 9.08. The van der Waals surface area contributed by atoms with E-state index in [9.17, 15) is 4.79 Å². The van der Waals surface area contributed by atoms with Crippen LogP contribution in [0.3, 0.4) is 0 Å². The summed E-state index contributed by atoms with van der Waals surface area (Å²) in [6, 6.07) is 15.5. The normalized spacial score (nSPS) is 16.7. The lowest BCUT2D eigenvalue weighted by Crippen LogP contribution is -2.24. The van der Waals surface area contributed by atoms with E-state index >= 15 is 0 Å². The molecule has 1 aliphatic heterocycles. The Balaban J connectivity index is 1.50. The SMILES string of the molecule is CCOc1ccc(-c2nc([C@@H]3CC(=O)N(c4ccc(C)cc4)C3)no2)cc1. The second-order valence-corrected chi connectivity index (χ2v) is 6.66. The second kappa shape index (κ2) is 7.23. The molecule has 6 heteroatoms. The Kier molecular flexibility index (Phi) is 4.62. The number of hydrogen-bond donors (Lipinski definition) is 0. The topological polar surface area (TPSA) is 68.5 Å². The minimum atomic E-state index is -0.0704. The molecule has 0 aliphatic carbocycles. The lowest BCUT2D eigenvalue weighted by Gasteiger charge is -2.16. The van der Waals surface area contributed by atoms with Crippen LogP contribution in [0.4, 0.5) is 5.69 Å². The predicted molar refractivity (Wildman–Crippen MR) is 102 cm³/mol. The van der Waals surface area contributed by atoms with Crippen LogP contribution in [0.1, 0.15) is 30.7 Å². The highest BCUT2D eigenvalue weighted by molar-refractivity contribution is 5.96. The van der Waals surface area contributed by atoms with E-state index in [-0.39, 0.29) is 11.8 Å². The van der Waals surface area contributed by atoms with E-state index in [2.05, 4.69) is 10.1 Å². The van der Waals surface area contributed by atoms with Crippen LogP contribution in [0.5, 0.6) is 5.75 Å². The zero-order valence-corrected chi connectivity index (χ0v) is 15.4. The molecule has 4 rings (SSSR count). The van der Waals surface area contributed by atoms with Gasteiger partial charge in [-0.15, -0.1) is 0 Å². The number of hydrogen-bond acceptors (Lipinski definition) is 5. The Hall–Kier alpha value is -3.15.